The highest BCUT2D eigenvalue weighted by atomic mass is 15.1. The van der Waals surface area contributed by atoms with E-state index in [2.05, 4.69) is 22.5 Å². The number of rotatable bonds is 1. The molecule has 0 aromatic carbocycles. The standard InChI is InChI=1S/C4H3N3/c1-3-4(2)6-7-5/h1H,2H2. The maximum atomic E-state index is 7.67. The lowest BCUT2D eigenvalue weighted by molar-refractivity contribution is 1.43. The lowest BCUT2D eigenvalue weighted by Crippen LogP contribution is -1.57. The Labute approximate surface area is 41.3 Å². The summed E-state index contributed by atoms with van der Waals surface area (Å²) in [6, 6.07) is 0. The largest absolute Gasteiger partial charge is 0.115 e. The van der Waals surface area contributed by atoms with Crippen LogP contribution in [0.5, 0.6) is 0 Å². The van der Waals surface area contributed by atoms with E-state index < -0.39 is 0 Å². The highest BCUT2D eigenvalue weighted by Gasteiger charge is 1.71. The van der Waals surface area contributed by atoms with Gasteiger partial charge < -0.3 is 0 Å². The fourth-order valence-electron chi connectivity index (χ4n) is 0.0829. The predicted octanol–water partition coefficient (Wildman–Crippen LogP) is 1.44. The summed E-state index contributed by atoms with van der Waals surface area (Å²) in [4.78, 5) is 2.39. The monoisotopic (exact) mass is 93.0 g/mol. The van der Waals surface area contributed by atoms with Crippen LogP contribution in [-0.2, 0) is 0 Å². The number of nitrogens with zero attached hydrogens (tertiary/aromatic N) is 3. The van der Waals surface area contributed by atoms with E-state index in [0.29, 0.717) is 0 Å². The maximum Gasteiger partial charge on any atom is 0.0802 e. The summed E-state index contributed by atoms with van der Waals surface area (Å²) in [7, 11) is 0. The molecule has 0 atom stereocenters. The van der Waals surface area contributed by atoms with Gasteiger partial charge in [0.25, 0.3) is 0 Å². The Hall–Kier alpha value is -1.39. The molecule has 7 heavy (non-hydrogen) atoms. The molecule has 0 saturated heterocycles. The van der Waals surface area contributed by atoms with Gasteiger partial charge in [-0.05, 0) is 5.53 Å². The number of hydrogen-bond donors (Lipinski definition) is 0. The molecule has 0 aromatic heterocycles. The Morgan fingerprint density at radius 2 is 2.57 bits per heavy atom. The van der Waals surface area contributed by atoms with E-state index in [1.165, 1.54) is 0 Å². The molecular weight excluding hydrogens is 90.1 g/mol. The zero-order valence-corrected chi connectivity index (χ0v) is 3.63. The van der Waals surface area contributed by atoms with Crippen molar-refractivity contribution in [2.75, 3.05) is 0 Å². The van der Waals surface area contributed by atoms with Crippen LogP contribution in [0.1, 0.15) is 0 Å². The first-order chi connectivity index (χ1) is 3.31. The van der Waals surface area contributed by atoms with Crippen LogP contribution in [0.4, 0.5) is 0 Å². The van der Waals surface area contributed by atoms with E-state index in [0.717, 1.165) is 0 Å². The SMILES string of the molecule is C#CC(=C)N=[N+]=[N-]. The van der Waals surface area contributed by atoms with E-state index in [1.54, 1.807) is 0 Å². The van der Waals surface area contributed by atoms with Gasteiger partial charge in [-0.1, -0.05) is 17.6 Å². The van der Waals surface area contributed by atoms with Gasteiger partial charge in [-0.25, -0.2) is 0 Å². The van der Waals surface area contributed by atoms with Gasteiger partial charge in [0.15, 0.2) is 0 Å². The minimum Gasteiger partial charge on any atom is -0.115 e. The Morgan fingerprint density at radius 1 is 2.00 bits per heavy atom. The van der Waals surface area contributed by atoms with E-state index >= 15 is 0 Å². The van der Waals surface area contributed by atoms with E-state index in [9.17, 15) is 0 Å². The third kappa shape index (κ3) is 2.41. The van der Waals surface area contributed by atoms with Crippen molar-refractivity contribution in [2.45, 2.75) is 0 Å². The number of azide groups is 1. The van der Waals surface area contributed by atoms with Crippen LogP contribution < -0.4 is 0 Å². The molecule has 0 unspecified atom stereocenters. The number of hydrogen-bond acceptors (Lipinski definition) is 1. The molecule has 0 aromatic rings. The second kappa shape index (κ2) is 2.83. The van der Waals surface area contributed by atoms with Crippen molar-refractivity contribution < 1.29 is 0 Å². The molecule has 0 amide bonds. The van der Waals surface area contributed by atoms with E-state index in [-0.39, 0.29) is 5.70 Å². The van der Waals surface area contributed by atoms with Crippen molar-refractivity contribution in [3.63, 3.8) is 0 Å². The van der Waals surface area contributed by atoms with Gasteiger partial charge in [0.05, 0.1) is 5.70 Å². The van der Waals surface area contributed by atoms with Gasteiger partial charge in [0.1, 0.15) is 0 Å². The Kier molecular flexibility index (Phi) is 2.27. The second-order valence-electron chi connectivity index (χ2n) is 0.780. The molecule has 0 fully saturated rings. The second-order valence-corrected chi connectivity index (χ2v) is 0.780. The van der Waals surface area contributed by atoms with Crippen molar-refractivity contribution in [1.82, 2.24) is 0 Å². The van der Waals surface area contributed by atoms with Crippen molar-refractivity contribution in [2.24, 2.45) is 5.11 Å². The zero-order chi connectivity index (χ0) is 5.70. The molecule has 0 radical (unpaired) electrons. The van der Waals surface area contributed by atoms with Crippen LogP contribution in [0.2, 0.25) is 0 Å². The van der Waals surface area contributed by atoms with E-state index in [1.807, 2.05) is 0 Å². The highest BCUT2D eigenvalue weighted by Crippen LogP contribution is 1.85. The molecule has 0 aliphatic heterocycles. The first-order valence-corrected chi connectivity index (χ1v) is 1.52. The van der Waals surface area contributed by atoms with Crippen LogP contribution in [0.25, 0.3) is 10.4 Å². The average molecular weight is 93.1 g/mol. The van der Waals surface area contributed by atoms with Crippen molar-refractivity contribution in [1.29, 1.82) is 0 Å². The zero-order valence-electron chi connectivity index (χ0n) is 3.63. The van der Waals surface area contributed by atoms with Crippen LogP contribution >= 0.6 is 0 Å². The number of terminal acetylenes is 1. The normalized spacial score (nSPS) is 5.57. The third-order valence-corrected chi connectivity index (χ3v) is 0.332. The van der Waals surface area contributed by atoms with Gasteiger partial charge in [-0.2, -0.15) is 0 Å². The highest BCUT2D eigenvalue weighted by molar-refractivity contribution is 5.19. The lowest BCUT2D eigenvalue weighted by Gasteiger charge is -1.70. The third-order valence-electron chi connectivity index (χ3n) is 0.332. The van der Waals surface area contributed by atoms with Gasteiger partial charge in [-0.3, -0.25) is 0 Å². The molecular formula is C4H3N3. The molecule has 3 heteroatoms. The summed E-state index contributed by atoms with van der Waals surface area (Å²) in [5.74, 6) is 2.05. The quantitative estimate of drug-likeness (QED) is 0.204. The molecule has 34 valence electrons. The van der Waals surface area contributed by atoms with Crippen molar-refractivity contribution in [3.05, 3.63) is 22.7 Å². The molecule has 0 heterocycles. The van der Waals surface area contributed by atoms with Crippen LogP contribution in [0.3, 0.4) is 0 Å². The van der Waals surface area contributed by atoms with Gasteiger partial charge in [-0.15, -0.1) is 6.42 Å². The molecule has 0 aliphatic rings. The first-order valence-electron chi connectivity index (χ1n) is 1.52. The first kappa shape index (κ1) is 5.61. The predicted molar refractivity (Wildman–Crippen MR) is 27.1 cm³/mol. The summed E-state index contributed by atoms with van der Waals surface area (Å²) < 4.78 is 0. The summed E-state index contributed by atoms with van der Waals surface area (Å²) in [6.45, 7) is 3.21. The Bertz CT molecular complexity index is 156. The Morgan fingerprint density at radius 3 is 2.71 bits per heavy atom. The molecule has 0 N–H and O–H groups in total. The average Bonchev–Trinajstić information content (AvgIpc) is 1.68. The van der Waals surface area contributed by atoms with Gasteiger partial charge in [0, 0.05) is 4.91 Å². The minimum atomic E-state index is 0.113. The topological polar surface area (TPSA) is 48.8 Å². The summed E-state index contributed by atoms with van der Waals surface area (Å²) in [5, 5.41) is 2.99. The van der Waals surface area contributed by atoms with Crippen molar-refractivity contribution >= 4 is 0 Å². The van der Waals surface area contributed by atoms with Crippen LogP contribution in [0, 0.1) is 12.3 Å². The molecule has 0 bridgehead atoms. The molecule has 0 rings (SSSR count). The summed E-state index contributed by atoms with van der Waals surface area (Å²) in [6.07, 6.45) is 4.74. The molecule has 0 aliphatic carbocycles. The fourth-order valence-corrected chi connectivity index (χ4v) is 0.0829. The van der Waals surface area contributed by atoms with Gasteiger partial charge >= 0.3 is 0 Å². The van der Waals surface area contributed by atoms with Crippen LogP contribution in [-0.4, -0.2) is 0 Å². The minimum absolute atomic E-state index is 0.113. The summed E-state index contributed by atoms with van der Waals surface area (Å²) in [5.41, 5.74) is 7.78. The number of allylic oxidation sites excluding steroid dienone is 1. The molecule has 3 nitrogen and oxygen atoms in total. The van der Waals surface area contributed by atoms with Crippen molar-refractivity contribution in [3.8, 4) is 12.3 Å². The molecule has 0 spiro atoms. The van der Waals surface area contributed by atoms with Crippen LogP contribution in [0.15, 0.2) is 17.4 Å². The molecule has 0 saturated carbocycles. The lowest BCUT2D eigenvalue weighted by atomic mass is 10.6. The Balaban J connectivity index is 3.91. The van der Waals surface area contributed by atoms with E-state index in [4.69, 9.17) is 12.0 Å². The maximum absolute atomic E-state index is 7.67. The smallest absolute Gasteiger partial charge is 0.0802 e. The fraction of sp³-hybridized carbons (Fsp3) is 0. The van der Waals surface area contributed by atoms with Gasteiger partial charge in [0.2, 0.25) is 0 Å². The summed E-state index contributed by atoms with van der Waals surface area (Å²) >= 11 is 0.